The van der Waals surface area contributed by atoms with Gasteiger partial charge in [0.05, 0.1) is 12.0 Å². The van der Waals surface area contributed by atoms with Gasteiger partial charge in [-0.1, -0.05) is 54.6 Å². The molecule has 43 heavy (non-hydrogen) atoms. The summed E-state index contributed by atoms with van der Waals surface area (Å²) in [5.74, 6) is -1.08. The van der Waals surface area contributed by atoms with Crippen LogP contribution in [-0.4, -0.2) is 53.3 Å². The zero-order valence-corrected chi connectivity index (χ0v) is 23.6. The number of rotatable bonds is 12. The van der Waals surface area contributed by atoms with Crippen molar-refractivity contribution in [1.82, 2.24) is 10.2 Å². The molecular weight excluding hydrogens is 559 g/mol. The Kier molecular flexibility index (Phi) is 10.3. The number of aliphatic carboxylic acids is 1. The minimum atomic E-state index is -4.47. The molecule has 1 aliphatic rings. The summed E-state index contributed by atoms with van der Waals surface area (Å²) in [6.07, 6.45) is 0.659. The van der Waals surface area contributed by atoms with Gasteiger partial charge < -0.3 is 15.3 Å². The molecule has 0 unspecified atom stereocenters. The smallest absolute Gasteiger partial charge is 0.416 e. The highest BCUT2D eigenvalue weighted by molar-refractivity contribution is 5.94. The summed E-state index contributed by atoms with van der Waals surface area (Å²) in [5.41, 5.74) is 1.12. The summed E-state index contributed by atoms with van der Waals surface area (Å²) < 4.78 is 39.9. The van der Waals surface area contributed by atoms with E-state index in [1.807, 2.05) is 18.2 Å². The molecule has 3 aromatic carbocycles. The van der Waals surface area contributed by atoms with Gasteiger partial charge in [-0.05, 0) is 79.0 Å². The summed E-state index contributed by atoms with van der Waals surface area (Å²) in [6, 6.07) is 21.9. The summed E-state index contributed by atoms with van der Waals surface area (Å²) in [6.45, 7) is 0.349. The number of carbonyl (C=O) groups is 3. The summed E-state index contributed by atoms with van der Waals surface area (Å²) >= 11 is 0. The highest BCUT2D eigenvalue weighted by Crippen LogP contribution is 2.42. The van der Waals surface area contributed by atoms with Gasteiger partial charge in [-0.3, -0.25) is 19.4 Å². The Labute approximate surface area is 248 Å². The second-order valence-electron chi connectivity index (χ2n) is 10.7. The van der Waals surface area contributed by atoms with E-state index in [1.165, 1.54) is 17.8 Å². The van der Waals surface area contributed by atoms with Gasteiger partial charge in [-0.25, -0.2) is 0 Å². The molecule has 4 rings (SSSR count). The molecule has 1 aliphatic carbocycles. The van der Waals surface area contributed by atoms with E-state index in [9.17, 15) is 27.6 Å². The maximum Gasteiger partial charge on any atom is 0.416 e. The molecule has 3 aromatic rings. The molecule has 0 spiro atoms. The van der Waals surface area contributed by atoms with Crippen LogP contribution in [0.25, 0.3) is 0 Å². The van der Waals surface area contributed by atoms with E-state index in [1.54, 1.807) is 35.2 Å². The Balaban J connectivity index is 1.50. The molecular formula is C33H34F3N3O4. The van der Waals surface area contributed by atoms with Crippen molar-refractivity contribution in [2.45, 2.75) is 56.3 Å². The molecule has 0 bridgehead atoms. The lowest BCUT2D eigenvalue weighted by Crippen LogP contribution is -2.49. The van der Waals surface area contributed by atoms with Crippen molar-refractivity contribution in [3.8, 4) is 0 Å². The zero-order chi connectivity index (χ0) is 30.9. The molecule has 0 atom stereocenters. The van der Waals surface area contributed by atoms with Crippen molar-refractivity contribution in [1.29, 1.82) is 0 Å². The highest BCUT2D eigenvalue weighted by Gasteiger charge is 2.40. The van der Waals surface area contributed by atoms with Crippen LogP contribution in [0.1, 0.15) is 70.6 Å². The lowest BCUT2D eigenvalue weighted by molar-refractivity contribution is -0.138. The third kappa shape index (κ3) is 8.53. The number of carboxylic acids is 1. The number of carbonyl (C=O) groups excluding carboxylic acids is 2. The van der Waals surface area contributed by atoms with Gasteiger partial charge in [0.15, 0.2) is 0 Å². The lowest BCUT2D eigenvalue weighted by Gasteiger charge is -2.44. The van der Waals surface area contributed by atoms with E-state index in [0.717, 1.165) is 36.9 Å². The van der Waals surface area contributed by atoms with Crippen molar-refractivity contribution >= 4 is 24.5 Å². The number of aliphatic imine (C=N–C) groups is 1. The largest absolute Gasteiger partial charge is 0.481 e. The van der Waals surface area contributed by atoms with Gasteiger partial charge in [0.25, 0.3) is 5.91 Å². The van der Waals surface area contributed by atoms with Crippen molar-refractivity contribution in [3.05, 3.63) is 107 Å². The average Bonchev–Trinajstić information content (AvgIpc) is 3.01. The topological polar surface area (TPSA) is 99.1 Å². The molecule has 0 saturated heterocycles. The predicted octanol–water partition coefficient (Wildman–Crippen LogP) is 6.08. The number of hydrogen-bond acceptors (Lipinski definition) is 4. The monoisotopic (exact) mass is 593 g/mol. The van der Waals surface area contributed by atoms with E-state index in [-0.39, 0.29) is 18.9 Å². The zero-order valence-electron chi connectivity index (χ0n) is 23.6. The SMILES string of the molecule is O=CN(CCc1ccc(C(=O)NCCC(=O)O)cc1)C1(/N=C/c2cccc(C(F)(F)F)c2)CCC(c2ccccc2)CC1. The van der Waals surface area contributed by atoms with Crippen molar-refractivity contribution in [2.24, 2.45) is 4.99 Å². The van der Waals surface area contributed by atoms with Crippen LogP contribution < -0.4 is 5.32 Å². The number of alkyl halides is 3. The lowest BCUT2D eigenvalue weighted by atomic mass is 9.78. The molecule has 0 radical (unpaired) electrons. The van der Waals surface area contributed by atoms with Crippen molar-refractivity contribution in [3.63, 3.8) is 0 Å². The second-order valence-corrected chi connectivity index (χ2v) is 10.7. The number of nitrogens with zero attached hydrogens (tertiary/aromatic N) is 2. The Morgan fingerprint density at radius 3 is 2.33 bits per heavy atom. The van der Waals surface area contributed by atoms with Gasteiger partial charge in [0.1, 0.15) is 5.66 Å². The third-order valence-electron chi connectivity index (χ3n) is 7.87. The normalized spacial score (nSPS) is 18.7. The third-order valence-corrected chi connectivity index (χ3v) is 7.87. The second kappa shape index (κ2) is 14.1. The molecule has 1 saturated carbocycles. The number of benzene rings is 3. The Morgan fingerprint density at radius 1 is 1.00 bits per heavy atom. The summed E-state index contributed by atoms with van der Waals surface area (Å²) in [5, 5.41) is 11.3. The van der Waals surface area contributed by atoms with E-state index in [0.29, 0.717) is 42.9 Å². The first kappa shape index (κ1) is 31.5. The van der Waals surface area contributed by atoms with Gasteiger partial charge in [-0.15, -0.1) is 0 Å². The number of halogens is 3. The van der Waals surface area contributed by atoms with Crippen LogP contribution in [0.2, 0.25) is 0 Å². The van der Waals surface area contributed by atoms with E-state index >= 15 is 0 Å². The maximum absolute atomic E-state index is 13.3. The average molecular weight is 594 g/mol. The maximum atomic E-state index is 13.3. The fourth-order valence-electron chi connectivity index (χ4n) is 5.44. The molecule has 0 aliphatic heterocycles. The first-order chi connectivity index (χ1) is 20.6. The Bertz CT molecular complexity index is 1420. The van der Waals surface area contributed by atoms with Crippen LogP contribution in [0.5, 0.6) is 0 Å². The van der Waals surface area contributed by atoms with Crippen molar-refractivity contribution in [2.75, 3.05) is 13.1 Å². The van der Waals surface area contributed by atoms with Crippen LogP contribution in [0.4, 0.5) is 13.2 Å². The van der Waals surface area contributed by atoms with Crippen LogP contribution in [-0.2, 0) is 22.2 Å². The molecule has 226 valence electrons. The fraction of sp³-hybridized carbons (Fsp3) is 0.333. The van der Waals surface area contributed by atoms with E-state index in [4.69, 9.17) is 10.1 Å². The van der Waals surface area contributed by atoms with E-state index in [2.05, 4.69) is 17.4 Å². The summed E-state index contributed by atoms with van der Waals surface area (Å²) in [4.78, 5) is 41.8. The summed E-state index contributed by atoms with van der Waals surface area (Å²) in [7, 11) is 0. The molecule has 1 fully saturated rings. The van der Waals surface area contributed by atoms with Crippen LogP contribution >= 0.6 is 0 Å². The number of amides is 2. The minimum Gasteiger partial charge on any atom is -0.481 e. The van der Waals surface area contributed by atoms with Crippen LogP contribution in [0.15, 0.2) is 83.9 Å². The molecule has 0 heterocycles. The van der Waals surface area contributed by atoms with Gasteiger partial charge >= 0.3 is 12.1 Å². The predicted molar refractivity (Wildman–Crippen MR) is 157 cm³/mol. The van der Waals surface area contributed by atoms with Crippen molar-refractivity contribution < 1.29 is 32.7 Å². The first-order valence-electron chi connectivity index (χ1n) is 14.2. The number of hydrogen-bond donors (Lipinski definition) is 2. The fourth-order valence-corrected chi connectivity index (χ4v) is 5.44. The van der Waals surface area contributed by atoms with Crippen LogP contribution in [0.3, 0.4) is 0 Å². The minimum absolute atomic E-state index is 0.0262. The molecule has 2 N–H and O–H groups in total. The molecule has 7 nitrogen and oxygen atoms in total. The molecule has 2 amide bonds. The Morgan fingerprint density at radius 2 is 1.70 bits per heavy atom. The highest BCUT2D eigenvalue weighted by atomic mass is 19.4. The molecule has 0 aromatic heterocycles. The standard InChI is InChI=1S/C33H34F3N3O4/c34-33(35,36)29-8-4-5-25(21-29)22-38-32(17-13-27(14-18-32)26-6-2-1-3-7-26)39(23-40)20-16-24-9-11-28(12-10-24)31(43)37-19-15-30(41)42/h1-12,21-23,27H,13-20H2,(H,37,43)(H,41,42)/b38-22+. The van der Waals surface area contributed by atoms with Gasteiger partial charge in [0.2, 0.25) is 6.41 Å². The number of carboxylic acid groups (broad SMARTS) is 1. The van der Waals surface area contributed by atoms with Crippen LogP contribution in [0, 0.1) is 0 Å². The van der Waals surface area contributed by atoms with Gasteiger partial charge in [0, 0.05) is 24.9 Å². The van der Waals surface area contributed by atoms with Gasteiger partial charge in [-0.2, -0.15) is 13.2 Å². The number of nitrogens with one attached hydrogen (secondary N) is 1. The van der Waals surface area contributed by atoms with E-state index < -0.39 is 23.4 Å². The Hall–Kier alpha value is -4.47. The quantitative estimate of drug-likeness (QED) is 0.196. The first-order valence-corrected chi connectivity index (χ1v) is 14.2. The molecule has 10 heteroatoms.